The summed E-state index contributed by atoms with van der Waals surface area (Å²) in [6.45, 7) is -0.00694. The molecule has 0 bridgehead atoms. The maximum Gasteiger partial charge on any atom is 0.305 e. The molecule has 0 fully saturated rings. The van der Waals surface area contributed by atoms with E-state index < -0.39 is 0 Å². The molecule has 16 heavy (non-hydrogen) atoms. The van der Waals surface area contributed by atoms with Gasteiger partial charge in [-0.15, -0.1) is 0 Å². The van der Waals surface area contributed by atoms with Gasteiger partial charge in [-0.05, 0) is 12.8 Å². The van der Waals surface area contributed by atoms with E-state index >= 15 is 0 Å². The molecule has 0 aromatic rings. The van der Waals surface area contributed by atoms with Gasteiger partial charge in [0, 0.05) is 12.8 Å². The minimum absolute atomic E-state index is 0.102. The van der Waals surface area contributed by atoms with Crippen LogP contribution < -0.4 is 0 Å². The van der Waals surface area contributed by atoms with E-state index in [2.05, 4.69) is 0 Å². The second-order valence-corrected chi connectivity index (χ2v) is 3.77. The van der Waals surface area contributed by atoms with Crippen LogP contribution in [0.1, 0.15) is 51.4 Å². The van der Waals surface area contributed by atoms with Crippen LogP contribution in [-0.4, -0.2) is 30.6 Å². The molecular formula is C12H22O4. The third-order valence-electron chi connectivity index (χ3n) is 2.31. The van der Waals surface area contributed by atoms with Gasteiger partial charge in [0.2, 0.25) is 0 Å². The van der Waals surface area contributed by atoms with Gasteiger partial charge in [-0.3, -0.25) is 4.79 Å². The summed E-state index contributed by atoms with van der Waals surface area (Å²) in [5.74, 6) is -0.227. The molecule has 0 aromatic carbocycles. The Kier molecular flexibility index (Phi) is 11.5. The monoisotopic (exact) mass is 230 g/mol. The van der Waals surface area contributed by atoms with Gasteiger partial charge in [-0.25, -0.2) is 0 Å². The van der Waals surface area contributed by atoms with Crippen molar-refractivity contribution in [2.45, 2.75) is 51.4 Å². The summed E-state index contributed by atoms with van der Waals surface area (Å²) in [5.41, 5.74) is 0. The largest absolute Gasteiger partial charge is 0.463 e. The molecule has 0 aliphatic carbocycles. The zero-order valence-electron chi connectivity index (χ0n) is 9.82. The summed E-state index contributed by atoms with van der Waals surface area (Å²) in [6, 6.07) is 0. The van der Waals surface area contributed by atoms with Crippen LogP contribution in [0, 0.1) is 0 Å². The van der Waals surface area contributed by atoms with Crippen LogP contribution in [0.2, 0.25) is 0 Å². The highest BCUT2D eigenvalue weighted by Crippen LogP contribution is 2.08. The first-order valence-corrected chi connectivity index (χ1v) is 6.01. The number of hydrogen-bond donors (Lipinski definition) is 1. The smallest absolute Gasteiger partial charge is 0.305 e. The molecule has 0 atom stereocenters. The highest BCUT2D eigenvalue weighted by molar-refractivity contribution is 5.69. The molecule has 4 nitrogen and oxygen atoms in total. The van der Waals surface area contributed by atoms with E-state index in [0.29, 0.717) is 12.8 Å². The highest BCUT2D eigenvalue weighted by atomic mass is 16.5. The lowest BCUT2D eigenvalue weighted by atomic mass is 10.1. The van der Waals surface area contributed by atoms with E-state index in [0.717, 1.165) is 44.8 Å². The van der Waals surface area contributed by atoms with E-state index in [1.165, 1.54) is 0 Å². The molecule has 0 aliphatic heterocycles. The lowest BCUT2D eigenvalue weighted by molar-refractivity contribution is -0.144. The zero-order chi connectivity index (χ0) is 12.1. The van der Waals surface area contributed by atoms with Crippen LogP contribution in [0.25, 0.3) is 0 Å². The predicted molar refractivity (Wildman–Crippen MR) is 61.0 cm³/mol. The third kappa shape index (κ3) is 11.2. The number of aliphatic hydroxyl groups excluding tert-OH is 1. The van der Waals surface area contributed by atoms with Gasteiger partial charge in [0.15, 0.2) is 0 Å². The SMILES string of the molecule is O=CCCCCCCCCC(=O)OCCO. The fourth-order valence-electron chi connectivity index (χ4n) is 1.44. The molecular weight excluding hydrogens is 208 g/mol. The van der Waals surface area contributed by atoms with Crippen LogP contribution in [-0.2, 0) is 14.3 Å². The summed E-state index contributed by atoms with van der Waals surface area (Å²) in [7, 11) is 0. The quantitative estimate of drug-likeness (QED) is 0.334. The van der Waals surface area contributed by atoms with E-state index in [-0.39, 0.29) is 19.2 Å². The third-order valence-corrected chi connectivity index (χ3v) is 2.31. The van der Waals surface area contributed by atoms with E-state index in [9.17, 15) is 9.59 Å². The van der Waals surface area contributed by atoms with Crippen molar-refractivity contribution in [2.75, 3.05) is 13.2 Å². The second-order valence-electron chi connectivity index (χ2n) is 3.77. The van der Waals surface area contributed by atoms with Crippen LogP contribution in [0.15, 0.2) is 0 Å². The fraction of sp³-hybridized carbons (Fsp3) is 0.833. The summed E-state index contributed by atoms with van der Waals surface area (Å²) < 4.78 is 4.72. The molecule has 0 radical (unpaired) electrons. The zero-order valence-corrected chi connectivity index (χ0v) is 9.82. The predicted octanol–water partition coefficient (Wildman–Crippen LogP) is 1.84. The first-order valence-electron chi connectivity index (χ1n) is 6.01. The summed E-state index contributed by atoms with van der Waals surface area (Å²) >= 11 is 0. The highest BCUT2D eigenvalue weighted by Gasteiger charge is 2.01. The number of carbonyl (C=O) groups excluding carboxylic acids is 2. The van der Waals surface area contributed by atoms with Crippen LogP contribution >= 0.6 is 0 Å². The van der Waals surface area contributed by atoms with Crippen molar-refractivity contribution in [2.24, 2.45) is 0 Å². The average molecular weight is 230 g/mol. The molecule has 0 unspecified atom stereocenters. The van der Waals surface area contributed by atoms with Crippen LogP contribution in [0.5, 0.6) is 0 Å². The maximum absolute atomic E-state index is 11.0. The normalized spacial score (nSPS) is 10.1. The molecule has 0 aromatic heterocycles. The van der Waals surface area contributed by atoms with Crippen molar-refractivity contribution in [3.05, 3.63) is 0 Å². The Bertz CT molecular complexity index is 180. The summed E-state index contributed by atoms with van der Waals surface area (Å²) in [5, 5.41) is 8.43. The van der Waals surface area contributed by atoms with Crippen LogP contribution in [0.3, 0.4) is 0 Å². The van der Waals surface area contributed by atoms with Crippen LogP contribution in [0.4, 0.5) is 0 Å². The molecule has 0 rings (SSSR count). The topological polar surface area (TPSA) is 63.6 Å². The summed E-state index contributed by atoms with van der Waals surface area (Å²) in [4.78, 5) is 21.0. The average Bonchev–Trinajstić information content (AvgIpc) is 2.30. The van der Waals surface area contributed by atoms with Gasteiger partial charge >= 0.3 is 5.97 Å². The van der Waals surface area contributed by atoms with E-state index in [4.69, 9.17) is 9.84 Å². The van der Waals surface area contributed by atoms with Gasteiger partial charge in [-0.1, -0.05) is 25.7 Å². The molecule has 4 heteroatoms. The molecule has 0 saturated heterocycles. The van der Waals surface area contributed by atoms with Gasteiger partial charge < -0.3 is 14.6 Å². The Labute approximate surface area is 97.0 Å². The molecule has 94 valence electrons. The molecule has 0 spiro atoms. The number of carbonyl (C=O) groups is 2. The first-order chi connectivity index (χ1) is 7.81. The van der Waals surface area contributed by atoms with Crippen molar-refractivity contribution in [3.8, 4) is 0 Å². The minimum atomic E-state index is -0.227. The van der Waals surface area contributed by atoms with Crippen molar-refractivity contribution in [1.82, 2.24) is 0 Å². The fourth-order valence-corrected chi connectivity index (χ4v) is 1.44. The van der Waals surface area contributed by atoms with Crippen molar-refractivity contribution in [1.29, 1.82) is 0 Å². The number of unbranched alkanes of at least 4 members (excludes halogenated alkanes) is 6. The standard InChI is InChI=1S/C12H22O4/c13-9-7-5-3-1-2-4-6-8-12(15)16-11-10-14/h9,14H,1-8,10-11H2. The number of aliphatic hydroxyl groups is 1. The van der Waals surface area contributed by atoms with Crippen molar-refractivity contribution >= 4 is 12.3 Å². The first kappa shape index (κ1) is 15.1. The number of rotatable bonds is 11. The van der Waals surface area contributed by atoms with E-state index in [1.54, 1.807) is 0 Å². The molecule has 0 saturated carbocycles. The van der Waals surface area contributed by atoms with Gasteiger partial charge in [0.25, 0.3) is 0 Å². The Morgan fingerprint density at radius 3 is 2.31 bits per heavy atom. The molecule has 0 heterocycles. The Morgan fingerprint density at radius 1 is 1.06 bits per heavy atom. The minimum Gasteiger partial charge on any atom is -0.463 e. The number of hydrogen-bond acceptors (Lipinski definition) is 4. The second kappa shape index (κ2) is 12.2. The van der Waals surface area contributed by atoms with Gasteiger partial charge in [0.05, 0.1) is 6.61 Å². The van der Waals surface area contributed by atoms with Gasteiger partial charge in [0.1, 0.15) is 12.9 Å². The Balaban J connectivity index is 3.08. The van der Waals surface area contributed by atoms with Crippen molar-refractivity contribution < 1.29 is 19.4 Å². The number of esters is 1. The Morgan fingerprint density at radius 2 is 1.69 bits per heavy atom. The van der Waals surface area contributed by atoms with Crippen molar-refractivity contribution in [3.63, 3.8) is 0 Å². The molecule has 1 N–H and O–H groups in total. The van der Waals surface area contributed by atoms with E-state index in [1.807, 2.05) is 0 Å². The number of ether oxygens (including phenoxy) is 1. The lowest BCUT2D eigenvalue weighted by Gasteiger charge is -2.02. The maximum atomic E-state index is 11.0. The number of aldehydes is 1. The lowest BCUT2D eigenvalue weighted by Crippen LogP contribution is -2.07. The Hall–Kier alpha value is -0.900. The summed E-state index contributed by atoms with van der Waals surface area (Å²) in [6.07, 6.45) is 8.22. The van der Waals surface area contributed by atoms with Gasteiger partial charge in [-0.2, -0.15) is 0 Å². The molecule has 0 amide bonds. The molecule has 0 aliphatic rings.